The third-order valence-corrected chi connectivity index (χ3v) is 2.56. The number of para-hydroxylation sites is 2. The van der Waals surface area contributed by atoms with Gasteiger partial charge in [0.2, 0.25) is 0 Å². The molecule has 0 atom stereocenters. The van der Waals surface area contributed by atoms with E-state index in [1.807, 2.05) is 67.6 Å². The minimum absolute atomic E-state index is 0.595. The zero-order valence-electron chi connectivity index (χ0n) is 11.8. The van der Waals surface area contributed by atoms with Gasteiger partial charge in [-0.2, -0.15) is 0 Å². The summed E-state index contributed by atoms with van der Waals surface area (Å²) in [4.78, 5) is 0. The zero-order chi connectivity index (χ0) is 14.6. The van der Waals surface area contributed by atoms with Gasteiger partial charge in [0.05, 0.1) is 0 Å². The van der Waals surface area contributed by atoms with Gasteiger partial charge in [-0.15, -0.1) is 0 Å². The van der Waals surface area contributed by atoms with E-state index in [2.05, 4.69) is 15.4 Å². The molecule has 0 fully saturated rings. The lowest BCUT2D eigenvalue weighted by Crippen LogP contribution is -2.18. The van der Waals surface area contributed by atoms with Crippen LogP contribution in [0.5, 0.6) is 0 Å². The number of ether oxygens (including phenoxy) is 1. The molecule has 4 heteroatoms. The summed E-state index contributed by atoms with van der Waals surface area (Å²) in [5.74, 6) is 0. The molecule has 0 unspecified atom stereocenters. The van der Waals surface area contributed by atoms with E-state index >= 15 is 0 Å². The molecule has 0 bridgehead atoms. The summed E-state index contributed by atoms with van der Waals surface area (Å²) in [6.07, 6.45) is 0. The standard InChI is InChI=1S/C13H12N2S.C3H8O/c16-13(14-11-7-3-1-4-8-11)15-12-9-5-2-6-10-12;1-3-4-2/h1-10H,(H2,14,15,16);3H2,1-2H3. The first-order valence-corrected chi connectivity index (χ1v) is 6.84. The lowest BCUT2D eigenvalue weighted by atomic mass is 10.3. The van der Waals surface area contributed by atoms with Crippen LogP contribution in [0.1, 0.15) is 6.92 Å². The smallest absolute Gasteiger partial charge is 0.175 e. The Bertz CT molecular complexity index is 443. The number of hydrogen-bond donors (Lipinski definition) is 2. The molecular weight excluding hydrogens is 268 g/mol. The second-order valence-corrected chi connectivity index (χ2v) is 4.30. The van der Waals surface area contributed by atoms with Crippen LogP contribution < -0.4 is 10.6 Å². The predicted molar refractivity (Wildman–Crippen MR) is 90.3 cm³/mol. The third-order valence-electron chi connectivity index (χ3n) is 2.35. The zero-order valence-corrected chi connectivity index (χ0v) is 12.6. The molecule has 106 valence electrons. The summed E-state index contributed by atoms with van der Waals surface area (Å²) in [5.41, 5.74) is 1.96. The van der Waals surface area contributed by atoms with Gasteiger partial charge in [0.15, 0.2) is 5.11 Å². The van der Waals surface area contributed by atoms with Crippen LogP contribution in [0.4, 0.5) is 11.4 Å². The number of benzene rings is 2. The van der Waals surface area contributed by atoms with Crippen LogP contribution in [0, 0.1) is 0 Å². The maximum atomic E-state index is 5.20. The maximum Gasteiger partial charge on any atom is 0.175 e. The van der Waals surface area contributed by atoms with Crippen LogP contribution >= 0.6 is 12.2 Å². The molecule has 2 aromatic rings. The fraction of sp³-hybridized carbons (Fsp3) is 0.188. The van der Waals surface area contributed by atoms with Crippen molar-refractivity contribution in [3.8, 4) is 0 Å². The van der Waals surface area contributed by atoms with E-state index in [0.717, 1.165) is 18.0 Å². The molecule has 0 radical (unpaired) electrons. The van der Waals surface area contributed by atoms with Crippen LogP contribution in [0.15, 0.2) is 60.7 Å². The summed E-state index contributed by atoms with van der Waals surface area (Å²) < 4.78 is 4.54. The molecule has 20 heavy (non-hydrogen) atoms. The molecule has 0 spiro atoms. The van der Waals surface area contributed by atoms with Crippen molar-refractivity contribution in [2.45, 2.75) is 6.92 Å². The van der Waals surface area contributed by atoms with Gasteiger partial charge >= 0.3 is 0 Å². The molecule has 2 N–H and O–H groups in total. The molecule has 2 aromatic carbocycles. The molecule has 0 saturated heterocycles. The Morgan fingerprint density at radius 1 is 0.900 bits per heavy atom. The average molecular weight is 288 g/mol. The van der Waals surface area contributed by atoms with E-state index in [0.29, 0.717) is 5.11 Å². The highest BCUT2D eigenvalue weighted by Gasteiger charge is 1.96. The van der Waals surface area contributed by atoms with Crippen molar-refractivity contribution in [1.29, 1.82) is 0 Å². The van der Waals surface area contributed by atoms with Crippen molar-refractivity contribution in [2.24, 2.45) is 0 Å². The first-order valence-electron chi connectivity index (χ1n) is 6.43. The third kappa shape index (κ3) is 6.87. The van der Waals surface area contributed by atoms with Gasteiger partial charge in [-0.25, -0.2) is 0 Å². The number of nitrogens with one attached hydrogen (secondary N) is 2. The van der Waals surface area contributed by atoms with Crippen LogP contribution in [0.2, 0.25) is 0 Å². The minimum atomic E-state index is 0.595. The monoisotopic (exact) mass is 288 g/mol. The Labute approximate surface area is 126 Å². The number of anilines is 2. The predicted octanol–water partition coefficient (Wildman–Crippen LogP) is 4.15. The lowest BCUT2D eigenvalue weighted by molar-refractivity contribution is 0.215. The maximum absolute atomic E-state index is 5.20. The van der Waals surface area contributed by atoms with Gasteiger partial charge in [-0.3, -0.25) is 0 Å². The molecule has 0 aliphatic heterocycles. The lowest BCUT2D eigenvalue weighted by Gasteiger charge is -2.09. The highest BCUT2D eigenvalue weighted by atomic mass is 32.1. The number of thiocarbonyl (C=S) groups is 1. The molecule has 0 saturated carbocycles. The molecule has 3 nitrogen and oxygen atoms in total. The van der Waals surface area contributed by atoms with Crippen molar-refractivity contribution in [2.75, 3.05) is 24.4 Å². The summed E-state index contributed by atoms with van der Waals surface area (Å²) >= 11 is 5.20. The normalized spacial score (nSPS) is 9.10. The van der Waals surface area contributed by atoms with E-state index in [4.69, 9.17) is 12.2 Å². The van der Waals surface area contributed by atoms with Crippen LogP contribution in [-0.4, -0.2) is 18.8 Å². The van der Waals surface area contributed by atoms with Crippen LogP contribution in [0.3, 0.4) is 0 Å². The SMILES string of the molecule is CCOC.S=C(Nc1ccccc1)Nc1ccccc1. The van der Waals surface area contributed by atoms with Gasteiger partial charge in [0.25, 0.3) is 0 Å². The molecular formula is C16H20N2OS. The van der Waals surface area contributed by atoms with E-state index in [9.17, 15) is 0 Å². The Morgan fingerprint density at radius 2 is 1.25 bits per heavy atom. The van der Waals surface area contributed by atoms with Crippen molar-refractivity contribution >= 4 is 28.7 Å². The Kier molecular flexibility index (Phi) is 8.03. The van der Waals surface area contributed by atoms with E-state index in [1.165, 1.54) is 0 Å². The molecule has 0 aliphatic carbocycles. The fourth-order valence-corrected chi connectivity index (χ4v) is 1.57. The summed E-state index contributed by atoms with van der Waals surface area (Å²) in [6, 6.07) is 19.7. The van der Waals surface area contributed by atoms with Crippen molar-refractivity contribution in [3.05, 3.63) is 60.7 Å². The molecule has 0 aliphatic rings. The van der Waals surface area contributed by atoms with Gasteiger partial charge in [-0.05, 0) is 43.4 Å². The largest absolute Gasteiger partial charge is 0.385 e. The second kappa shape index (κ2) is 9.95. The second-order valence-electron chi connectivity index (χ2n) is 3.89. The topological polar surface area (TPSA) is 33.3 Å². The molecule has 0 heterocycles. The van der Waals surface area contributed by atoms with Gasteiger partial charge in [0, 0.05) is 25.1 Å². The van der Waals surface area contributed by atoms with Crippen molar-refractivity contribution in [1.82, 2.24) is 0 Å². The number of methoxy groups -OCH3 is 1. The Balaban J connectivity index is 0.000000444. The Morgan fingerprint density at radius 3 is 1.55 bits per heavy atom. The Hall–Kier alpha value is -1.91. The van der Waals surface area contributed by atoms with E-state index in [-0.39, 0.29) is 0 Å². The van der Waals surface area contributed by atoms with E-state index in [1.54, 1.807) is 7.11 Å². The van der Waals surface area contributed by atoms with E-state index < -0.39 is 0 Å². The first kappa shape index (κ1) is 16.1. The fourth-order valence-electron chi connectivity index (χ4n) is 1.34. The quantitative estimate of drug-likeness (QED) is 0.831. The highest BCUT2D eigenvalue weighted by molar-refractivity contribution is 7.80. The molecule has 0 amide bonds. The first-order chi connectivity index (χ1) is 9.76. The minimum Gasteiger partial charge on any atom is -0.385 e. The summed E-state index contributed by atoms with van der Waals surface area (Å²) in [5, 5.41) is 6.82. The van der Waals surface area contributed by atoms with Crippen molar-refractivity contribution < 1.29 is 4.74 Å². The number of rotatable bonds is 3. The van der Waals surface area contributed by atoms with Crippen LogP contribution in [-0.2, 0) is 4.74 Å². The van der Waals surface area contributed by atoms with Crippen molar-refractivity contribution in [3.63, 3.8) is 0 Å². The molecule has 2 rings (SSSR count). The highest BCUT2D eigenvalue weighted by Crippen LogP contribution is 2.08. The summed E-state index contributed by atoms with van der Waals surface area (Å²) in [6.45, 7) is 2.78. The molecule has 0 aromatic heterocycles. The van der Waals surface area contributed by atoms with Gasteiger partial charge < -0.3 is 15.4 Å². The van der Waals surface area contributed by atoms with Gasteiger partial charge in [-0.1, -0.05) is 36.4 Å². The number of hydrogen-bond acceptors (Lipinski definition) is 2. The van der Waals surface area contributed by atoms with Gasteiger partial charge in [0.1, 0.15) is 0 Å². The summed E-state index contributed by atoms with van der Waals surface area (Å²) in [7, 11) is 1.68. The average Bonchev–Trinajstić information content (AvgIpc) is 2.49. The van der Waals surface area contributed by atoms with Crippen LogP contribution in [0.25, 0.3) is 0 Å².